The molecule has 1 aliphatic rings. The predicted molar refractivity (Wildman–Crippen MR) is 72.3 cm³/mol. The van der Waals surface area contributed by atoms with E-state index in [4.69, 9.17) is 22.7 Å². The summed E-state index contributed by atoms with van der Waals surface area (Å²) in [7, 11) is 0. The lowest BCUT2D eigenvalue weighted by Crippen LogP contribution is -2.46. The normalized spacial score (nSPS) is 24.7. The van der Waals surface area contributed by atoms with Gasteiger partial charge in [0.15, 0.2) is 0 Å². The SMILES string of the molecule is C[C@@H]1CN(c2ncccc2C(N)=S)C[C@H](C)O1. The molecule has 4 nitrogen and oxygen atoms in total. The van der Waals surface area contributed by atoms with Gasteiger partial charge in [-0.3, -0.25) is 0 Å². The van der Waals surface area contributed by atoms with Gasteiger partial charge in [-0.15, -0.1) is 0 Å². The van der Waals surface area contributed by atoms with Crippen molar-refractivity contribution >= 4 is 23.0 Å². The first kappa shape index (κ1) is 12.3. The lowest BCUT2D eigenvalue weighted by atomic mass is 10.2. The summed E-state index contributed by atoms with van der Waals surface area (Å²) in [6, 6.07) is 3.76. The van der Waals surface area contributed by atoms with Gasteiger partial charge in [0.25, 0.3) is 0 Å². The van der Waals surface area contributed by atoms with Crippen molar-refractivity contribution in [1.82, 2.24) is 4.98 Å². The van der Waals surface area contributed by atoms with Crippen LogP contribution in [0.1, 0.15) is 19.4 Å². The van der Waals surface area contributed by atoms with E-state index in [1.165, 1.54) is 0 Å². The number of pyridine rings is 1. The first-order valence-electron chi connectivity index (χ1n) is 5.73. The third-order valence-corrected chi connectivity index (χ3v) is 2.99. The fraction of sp³-hybridized carbons (Fsp3) is 0.500. The van der Waals surface area contributed by atoms with Gasteiger partial charge >= 0.3 is 0 Å². The van der Waals surface area contributed by atoms with E-state index < -0.39 is 0 Å². The van der Waals surface area contributed by atoms with Gasteiger partial charge < -0.3 is 15.4 Å². The van der Waals surface area contributed by atoms with Crippen molar-refractivity contribution in [1.29, 1.82) is 0 Å². The fourth-order valence-electron chi connectivity index (χ4n) is 2.19. The molecule has 2 atom stereocenters. The molecule has 0 aliphatic carbocycles. The number of anilines is 1. The van der Waals surface area contributed by atoms with Crippen molar-refractivity contribution in [3.63, 3.8) is 0 Å². The molecule has 5 heteroatoms. The van der Waals surface area contributed by atoms with Crippen LogP contribution in [0.4, 0.5) is 5.82 Å². The molecule has 17 heavy (non-hydrogen) atoms. The summed E-state index contributed by atoms with van der Waals surface area (Å²) < 4.78 is 5.70. The van der Waals surface area contributed by atoms with Crippen LogP contribution in [0.2, 0.25) is 0 Å². The molecule has 0 bridgehead atoms. The Kier molecular flexibility index (Phi) is 3.59. The van der Waals surface area contributed by atoms with Crippen molar-refractivity contribution in [2.24, 2.45) is 5.73 Å². The first-order valence-corrected chi connectivity index (χ1v) is 6.14. The van der Waals surface area contributed by atoms with Gasteiger partial charge in [0, 0.05) is 19.3 Å². The Hall–Kier alpha value is -1.20. The van der Waals surface area contributed by atoms with Crippen molar-refractivity contribution in [2.75, 3.05) is 18.0 Å². The molecule has 0 aromatic carbocycles. The summed E-state index contributed by atoms with van der Waals surface area (Å²) in [5, 5.41) is 0. The molecule has 2 heterocycles. The van der Waals surface area contributed by atoms with E-state index in [-0.39, 0.29) is 12.2 Å². The van der Waals surface area contributed by atoms with E-state index in [1.807, 2.05) is 12.1 Å². The fourth-order valence-corrected chi connectivity index (χ4v) is 2.35. The van der Waals surface area contributed by atoms with E-state index in [9.17, 15) is 0 Å². The molecule has 1 aromatic rings. The maximum absolute atomic E-state index is 5.72. The molecule has 92 valence electrons. The Morgan fingerprint density at radius 2 is 2.12 bits per heavy atom. The van der Waals surface area contributed by atoms with Gasteiger partial charge in [0.2, 0.25) is 0 Å². The quantitative estimate of drug-likeness (QED) is 0.804. The highest BCUT2D eigenvalue weighted by molar-refractivity contribution is 7.80. The zero-order valence-corrected chi connectivity index (χ0v) is 10.9. The van der Waals surface area contributed by atoms with Gasteiger partial charge in [0.05, 0.1) is 17.8 Å². The number of thiocarbonyl (C=S) groups is 1. The smallest absolute Gasteiger partial charge is 0.138 e. The minimum Gasteiger partial charge on any atom is -0.389 e. The van der Waals surface area contributed by atoms with Crippen molar-refractivity contribution < 1.29 is 4.74 Å². The van der Waals surface area contributed by atoms with Gasteiger partial charge in [-0.25, -0.2) is 4.98 Å². The number of ether oxygens (including phenoxy) is 1. The molecule has 0 amide bonds. The average Bonchev–Trinajstić information content (AvgIpc) is 2.27. The molecule has 0 unspecified atom stereocenters. The molecule has 1 aromatic heterocycles. The van der Waals surface area contributed by atoms with Crippen LogP contribution in [0.25, 0.3) is 0 Å². The van der Waals surface area contributed by atoms with Crippen molar-refractivity contribution in [3.05, 3.63) is 23.9 Å². The highest BCUT2D eigenvalue weighted by Crippen LogP contribution is 2.21. The second-order valence-electron chi connectivity index (χ2n) is 4.40. The number of nitrogens with two attached hydrogens (primary N) is 1. The van der Waals surface area contributed by atoms with Crippen LogP contribution in [0.5, 0.6) is 0 Å². The van der Waals surface area contributed by atoms with E-state index in [0.29, 0.717) is 4.99 Å². The highest BCUT2D eigenvalue weighted by atomic mass is 32.1. The van der Waals surface area contributed by atoms with Gasteiger partial charge in [-0.2, -0.15) is 0 Å². The van der Waals surface area contributed by atoms with Crippen LogP contribution < -0.4 is 10.6 Å². The predicted octanol–water partition coefficient (Wildman–Crippen LogP) is 1.33. The molecular weight excluding hydrogens is 234 g/mol. The molecule has 1 aliphatic heterocycles. The second kappa shape index (κ2) is 4.98. The second-order valence-corrected chi connectivity index (χ2v) is 4.84. The number of hydrogen-bond donors (Lipinski definition) is 1. The zero-order valence-electron chi connectivity index (χ0n) is 10.1. The third kappa shape index (κ3) is 2.73. The molecule has 2 N–H and O–H groups in total. The van der Waals surface area contributed by atoms with E-state index in [1.54, 1.807) is 6.20 Å². The molecule has 1 fully saturated rings. The number of hydrogen-bond acceptors (Lipinski definition) is 4. The monoisotopic (exact) mass is 251 g/mol. The number of rotatable bonds is 2. The Morgan fingerprint density at radius 1 is 1.47 bits per heavy atom. The van der Waals surface area contributed by atoms with Crippen LogP contribution in [-0.4, -0.2) is 35.3 Å². The van der Waals surface area contributed by atoms with Gasteiger partial charge in [-0.05, 0) is 26.0 Å². The summed E-state index contributed by atoms with van der Waals surface area (Å²) in [4.78, 5) is 6.97. The van der Waals surface area contributed by atoms with Crippen LogP contribution in [-0.2, 0) is 4.74 Å². The summed E-state index contributed by atoms with van der Waals surface area (Å²) >= 11 is 5.06. The van der Waals surface area contributed by atoms with Gasteiger partial charge in [0.1, 0.15) is 10.8 Å². The average molecular weight is 251 g/mol. The summed E-state index contributed by atoms with van der Waals surface area (Å²) in [6.07, 6.45) is 2.15. The third-order valence-electron chi connectivity index (χ3n) is 2.77. The molecule has 0 radical (unpaired) electrons. The Labute approximate surface area is 107 Å². The minimum atomic E-state index is 0.194. The largest absolute Gasteiger partial charge is 0.389 e. The van der Waals surface area contributed by atoms with E-state index in [2.05, 4.69) is 23.7 Å². The lowest BCUT2D eigenvalue weighted by molar-refractivity contribution is -0.00546. The Morgan fingerprint density at radius 3 is 2.71 bits per heavy atom. The summed E-state index contributed by atoms with van der Waals surface area (Å²) in [5.41, 5.74) is 6.56. The van der Waals surface area contributed by atoms with E-state index in [0.717, 1.165) is 24.5 Å². The number of nitrogens with zero attached hydrogens (tertiary/aromatic N) is 2. The Balaban J connectivity index is 2.30. The summed E-state index contributed by atoms with van der Waals surface area (Å²) in [5.74, 6) is 0.863. The maximum Gasteiger partial charge on any atom is 0.138 e. The van der Waals surface area contributed by atoms with Crippen LogP contribution in [0.3, 0.4) is 0 Å². The summed E-state index contributed by atoms with van der Waals surface area (Å²) in [6.45, 7) is 5.76. The Bertz CT molecular complexity index is 414. The van der Waals surface area contributed by atoms with Crippen LogP contribution >= 0.6 is 12.2 Å². The van der Waals surface area contributed by atoms with Crippen molar-refractivity contribution in [2.45, 2.75) is 26.1 Å². The zero-order chi connectivity index (χ0) is 12.4. The number of aromatic nitrogens is 1. The first-order chi connectivity index (χ1) is 8.08. The molecule has 1 saturated heterocycles. The number of morpholine rings is 1. The van der Waals surface area contributed by atoms with E-state index >= 15 is 0 Å². The van der Waals surface area contributed by atoms with Crippen LogP contribution in [0, 0.1) is 0 Å². The van der Waals surface area contributed by atoms with Gasteiger partial charge in [-0.1, -0.05) is 12.2 Å². The minimum absolute atomic E-state index is 0.194. The molecule has 0 spiro atoms. The lowest BCUT2D eigenvalue weighted by Gasteiger charge is -2.36. The standard InChI is InChI=1S/C12H17N3OS/c1-8-6-15(7-9(2)16-8)12-10(11(13)17)4-3-5-14-12/h3-5,8-9H,6-7H2,1-2H3,(H2,13,17)/t8-,9+. The molecular formula is C12H17N3OS. The molecule has 2 rings (SSSR count). The van der Waals surface area contributed by atoms with Crippen molar-refractivity contribution in [3.8, 4) is 0 Å². The van der Waals surface area contributed by atoms with Crippen LogP contribution in [0.15, 0.2) is 18.3 Å². The highest BCUT2D eigenvalue weighted by Gasteiger charge is 2.25. The topological polar surface area (TPSA) is 51.4 Å². The molecule has 0 saturated carbocycles. The maximum atomic E-state index is 5.72.